The first-order valence-corrected chi connectivity index (χ1v) is 8.00. The van der Waals surface area contributed by atoms with Crippen LogP contribution < -0.4 is 15.5 Å². The first-order valence-electron chi connectivity index (χ1n) is 8.00. The van der Waals surface area contributed by atoms with Crippen LogP contribution in [0.25, 0.3) is 0 Å². The van der Waals surface area contributed by atoms with Gasteiger partial charge in [-0.05, 0) is 55.7 Å². The fourth-order valence-electron chi connectivity index (χ4n) is 2.78. The van der Waals surface area contributed by atoms with Gasteiger partial charge >= 0.3 is 6.03 Å². The average molecular weight is 331 g/mol. The Morgan fingerprint density at radius 1 is 0.833 bits per heavy atom. The lowest BCUT2D eigenvalue weighted by molar-refractivity contribution is 0.262. The van der Waals surface area contributed by atoms with Crippen LogP contribution in [0.1, 0.15) is 19.3 Å². The van der Waals surface area contributed by atoms with Gasteiger partial charge in [-0.1, -0.05) is 0 Å². The minimum atomic E-state index is -1.00. The van der Waals surface area contributed by atoms with Gasteiger partial charge in [-0.25, -0.2) is 13.6 Å². The minimum absolute atomic E-state index is 0.191. The van der Waals surface area contributed by atoms with Crippen LogP contribution in [0.4, 0.5) is 30.6 Å². The summed E-state index contributed by atoms with van der Waals surface area (Å²) >= 11 is 0. The SMILES string of the molecule is O=C(Nc1ccc(N2CCCCC2)cc1)Nc1ccc(F)c(F)c1. The van der Waals surface area contributed by atoms with E-state index in [2.05, 4.69) is 15.5 Å². The lowest BCUT2D eigenvalue weighted by Gasteiger charge is -2.28. The van der Waals surface area contributed by atoms with Crippen LogP contribution in [-0.4, -0.2) is 19.1 Å². The maximum absolute atomic E-state index is 13.1. The van der Waals surface area contributed by atoms with Crippen molar-refractivity contribution in [3.05, 3.63) is 54.1 Å². The Kier molecular flexibility index (Phi) is 4.93. The highest BCUT2D eigenvalue weighted by Crippen LogP contribution is 2.22. The van der Waals surface area contributed by atoms with E-state index in [1.54, 1.807) is 0 Å². The number of rotatable bonds is 3. The number of benzene rings is 2. The zero-order valence-electron chi connectivity index (χ0n) is 13.2. The third-order valence-electron chi connectivity index (χ3n) is 4.02. The van der Waals surface area contributed by atoms with Crippen molar-refractivity contribution in [2.24, 2.45) is 0 Å². The number of carbonyl (C=O) groups is 1. The second kappa shape index (κ2) is 7.29. The van der Waals surface area contributed by atoms with Crippen molar-refractivity contribution in [1.82, 2.24) is 0 Å². The first kappa shape index (κ1) is 16.2. The molecule has 2 N–H and O–H groups in total. The molecule has 0 bridgehead atoms. The number of hydrogen-bond donors (Lipinski definition) is 2. The van der Waals surface area contributed by atoms with E-state index >= 15 is 0 Å². The molecule has 6 heteroatoms. The monoisotopic (exact) mass is 331 g/mol. The van der Waals surface area contributed by atoms with E-state index in [1.165, 1.54) is 25.3 Å². The smallest absolute Gasteiger partial charge is 0.323 e. The number of hydrogen-bond acceptors (Lipinski definition) is 2. The first-order chi connectivity index (χ1) is 11.6. The van der Waals surface area contributed by atoms with E-state index in [9.17, 15) is 13.6 Å². The molecule has 1 fully saturated rings. The molecule has 0 aliphatic carbocycles. The van der Waals surface area contributed by atoms with Crippen LogP contribution in [-0.2, 0) is 0 Å². The Balaban J connectivity index is 1.58. The molecule has 3 rings (SSSR count). The molecule has 2 aromatic rings. The Hall–Kier alpha value is -2.63. The fraction of sp³-hybridized carbons (Fsp3) is 0.278. The second-order valence-corrected chi connectivity index (χ2v) is 5.80. The summed E-state index contributed by atoms with van der Waals surface area (Å²) in [6.45, 7) is 2.12. The second-order valence-electron chi connectivity index (χ2n) is 5.80. The molecule has 1 aliphatic heterocycles. The molecule has 2 amide bonds. The van der Waals surface area contributed by atoms with Crippen molar-refractivity contribution in [2.75, 3.05) is 28.6 Å². The number of carbonyl (C=O) groups excluding carboxylic acids is 1. The summed E-state index contributed by atoms with van der Waals surface area (Å²) in [7, 11) is 0. The van der Waals surface area contributed by atoms with Crippen LogP contribution in [0.15, 0.2) is 42.5 Å². The molecule has 0 radical (unpaired) electrons. The summed E-state index contributed by atoms with van der Waals surface area (Å²) < 4.78 is 26.0. The minimum Gasteiger partial charge on any atom is -0.372 e. The number of urea groups is 1. The molecule has 4 nitrogen and oxygen atoms in total. The Bertz CT molecular complexity index is 713. The van der Waals surface area contributed by atoms with E-state index in [-0.39, 0.29) is 5.69 Å². The van der Waals surface area contributed by atoms with Gasteiger partial charge in [-0.2, -0.15) is 0 Å². The fourth-order valence-corrected chi connectivity index (χ4v) is 2.78. The highest BCUT2D eigenvalue weighted by molar-refractivity contribution is 5.99. The van der Waals surface area contributed by atoms with Gasteiger partial charge < -0.3 is 15.5 Å². The number of amides is 2. The number of piperidine rings is 1. The van der Waals surface area contributed by atoms with Crippen LogP contribution in [0, 0.1) is 11.6 Å². The summed E-state index contributed by atoms with van der Waals surface area (Å²) in [5, 5.41) is 5.14. The van der Waals surface area contributed by atoms with E-state index in [0.717, 1.165) is 30.9 Å². The molecule has 1 aliphatic rings. The molecule has 0 aromatic heterocycles. The van der Waals surface area contributed by atoms with E-state index in [4.69, 9.17) is 0 Å². The maximum Gasteiger partial charge on any atom is 0.323 e. The topological polar surface area (TPSA) is 44.4 Å². The van der Waals surface area contributed by atoms with Gasteiger partial charge in [0.2, 0.25) is 0 Å². The van der Waals surface area contributed by atoms with E-state index in [1.807, 2.05) is 24.3 Å². The van der Waals surface area contributed by atoms with Crippen molar-refractivity contribution in [3.8, 4) is 0 Å². The standard InChI is InChI=1S/C18H19F2N3O/c19-16-9-6-14(12-17(16)20)22-18(24)21-13-4-7-15(8-5-13)23-10-2-1-3-11-23/h4-9,12H,1-3,10-11H2,(H2,21,22,24). The summed E-state index contributed by atoms with van der Waals surface area (Å²) in [6, 6.07) is 10.3. The molecule has 24 heavy (non-hydrogen) atoms. The van der Waals surface area contributed by atoms with Gasteiger partial charge in [0.25, 0.3) is 0 Å². The highest BCUT2D eigenvalue weighted by atomic mass is 19.2. The molecular formula is C18H19F2N3O. The van der Waals surface area contributed by atoms with Crippen molar-refractivity contribution in [2.45, 2.75) is 19.3 Å². The molecule has 1 saturated heterocycles. The van der Waals surface area contributed by atoms with Crippen molar-refractivity contribution in [3.63, 3.8) is 0 Å². The Morgan fingerprint density at radius 3 is 2.12 bits per heavy atom. The summed E-state index contributed by atoms with van der Waals surface area (Å²) in [5.41, 5.74) is 1.97. The number of nitrogens with zero attached hydrogens (tertiary/aromatic N) is 1. The average Bonchev–Trinajstić information content (AvgIpc) is 2.59. The highest BCUT2D eigenvalue weighted by Gasteiger charge is 2.11. The van der Waals surface area contributed by atoms with Gasteiger partial charge in [0.05, 0.1) is 0 Å². The van der Waals surface area contributed by atoms with Crippen LogP contribution in [0.5, 0.6) is 0 Å². The third kappa shape index (κ3) is 4.01. The molecular weight excluding hydrogens is 312 g/mol. The molecule has 126 valence electrons. The normalized spacial score (nSPS) is 14.3. The zero-order valence-corrected chi connectivity index (χ0v) is 13.2. The maximum atomic E-state index is 13.1. The third-order valence-corrected chi connectivity index (χ3v) is 4.02. The Labute approximate surface area is 139 Å². The summed E-state index contributed by atoms with van der Waals surface area (Å²) in [5.74, 6) is -1.95. The quantitative estimate of drug-likeness (QED) is 0.863. The Morgan fingerprint density at radius 2 is 1.46 bits per heavy atom. The number of halogens is 2. The molecule has 0 atom stereocenters. The molecule has 0 spiro atoms. The van der Waals surface area contributed by atoms with Gasteiger partial charge in [0.1, 0.15) is 0 Å². The van der Waals surface area contributed by atoms with Gasteiger partial charge in [0, 0.05) is 36.2 Å². The molecule has 0 unspecified atom stereocenters. The van der Waals surface area contributed by atoms with Crippen LogP contribution in [0.2, 0.25) is 0 Å². The summed E-state index contributed by atoms with van der Waals surface area (Å²) in [6.07, 6.45) is 3.69. The predicted octanol–water partition coefficient (Wildman–Crippen LogP) is 4.60. The lowest BCUT2D eigenvalue weighted by atomic mass is 10.1. The van der Waals surface area contributed by atoms with Crippen LogP contribution >= 0.6 is 0 Å². The largest absolute Gasteiger partial charge is 0.372 e. The van der Waals surface area contributed by atoms with Gasteiger partial charge in [-0.3, -0.25) is 0 Å². The van der Waals surface area contributed by atoms with Gasteiger partial charge in [0.15, 0.2) is 11.6 Å². The van der Waals surface area contributed by atoms with Gasteiger partial charge in [-0.15, -0.1) is 0 Å². The number of anilines is 3. The van der Waals surface area contributed by atoms with E-state index < -0.39 is 17.7 Å². The molecule has 0 saturated carbocycles. The lowest BCUT2D eigenvalue weighted by Crippen LogP contribution is -2.29. The van der Waals surface area contributed by atoms with Crippen LogP contribution in [0.3, 0.4) is 0 Å². The van der Waals surface area contributed by atoms with E-state index in [0.29, 0.717) is 5.69 Å². The van der Waals surface area contributed by atoms with Crippen molar-refractivity contribution < 1.29 is 13.6 Å². The van der Waals surface area contributed by atoms with Crippen molar-refractivity contribution in [1.29, 1.82) is 0 Å². The van der Waals surface area contributed by atoms with Crippen molar-refractivity contribution >= 4 is 23.1 Å². The number of nitrogens with one attached hydrogen (secondary N) is 2. The molecule has 2 aromatic carbocycles. The molecule has 1 heterocycles. The zero-order chi connectivity index (χ0) is 16.9. The predicted molar refractivity (Wildman–Crippen MR) is 91.5 cm³/mol. The summed E-state index contributed by atoms with van der Waals surface area (Å²) in [4.78, 5) is 14.2.